The highest BCUT2D eigenvalue weighted by Gasteiger charge is 2.32. The molecule has 0 atom stereocenters. The minimum Gasteiger partial charge on any atom is -0.293 e. The fourth-order valence-electron chi connectivity index (χ4n) is 1.08. The van der Waals surface area contributed by atoms with Gasteiger partial charge in [-0.2, -0.15) is 13.2 Å². The van der Waals surface area contributed by atoms with Crippen LogP contribution >= 0.6 is 12.2 Å². The molecular formula is C8H11F3N2S. The number of alkyl halides is 3. The zero-order chi connectivity index (χ0) is 10.9. The van der Waals surface area contributed by atoms with Gasteiger partial charge >= 0.3 is 6.18 Å². The zero-order valence-electron chi connectivity index (χ0n) is 7.85. The predicted molar refractivity (Wildman–Crippen MR) is 49.5 cm³/mol. The molecule has 2 nitrogen and oxygen atoms in total. The molecule has 1 aromatic heterocycles. The van der Waals surface area contributed by atoms with E-state index in [1.165, 1.54) is 4.68 Å². The second-order valence-corrected chi connectivity index (χ2v) is 3.93. The summed E-state index contributed by atoms with van der Waals surface area (Å²) in [5.74, 6) is 0.251. The fraction of sp³-hybridized carbons (Fsp3) is 0.625. The molecule has 0 fully saturated rings. The highest BCUT2D eigenvalue weighted by Crippen LogP contribution is 2.27. The van der Waals surface area contributed by atoms with Crippen LogP contribution in [0.25, 0.3) is 0 Å². The number of aromatic nitrogens is 2. The molecule has 14 heavy (non-hydrogen) atoms. The van der Waals surface area contributed by atoms with Crippen LogP contribution in [-0.4, -0.2) is 9.78 Å². The first-order valence-electron chi connectivity index (χ1n) is 4.17. The van der Waals surface area contributed by atoms with E-state index in [4.69, 9.17) is 12.2 Å². The van der Waals surface area contributed by atoms with E-state index in [0.717, 1.165) is 6.07 Å². The molecule has 0 aliphatic rings. The van der Waals surface area contributed by atoms with Crippen LogP contribution in [0, 0.1) is 10.6 Å². The molecule has 0 bridgehead atoms. The molecule has 1 rings (SSSR count). The molecule has 0 aliphatic heterocycles. The monoisotopic (exact) mass is 224 g/mol. The first-order chi connectivity index (χ1) is 6.30. The number of hydrogen-bond acceptors (Lipinski definition) is 1. The quantitative estimate of drug-likeness (QED) is 0.765. The Labute approximate surface area is 84.7 Å². The Kier molecular flexibility index (Phi) is 3.04. The van der Waals surface area contributed by atoms with E-state index in [1.54, 1.807) is 0 Å². The average Bonchev–Trinajstić information content (AvgIpc) is 2.30. The number of H-pyrrole nitrogens is 1. The second-order valence-electron chi connectivity index (χ2n) is 3.51. The molecule has 0 aliphatic carbocycles. The first-order valence-corrected chi connectivity index (χ1v) is 4.58. The maximum absolute atomic E-state index is 12.2. The van der Waals surface area contributed by atoms with Gasteiger partial charge in [-0.15, -0.1) is 0 Å². The molecule has 0 unspecified atom stereocenters. The Morgan fingerprint density at radius 3 is 2.43 bits per heavy atom. The van der Waals surface area contributed by atoms with Crippen LogP contribution in [0.2, 0.25) is 0 Å². The molecule has 0 aromatic carbocycles. The van der Waals surface area contributed by atoms with Gasteiger partial charge in [-0.05, 0) is 5.92 Å². The zero-order valence-corrected chi connectivity index (χ0v) is 8.67. The van der Waals surface area contributed by atoms with Crippen molar-refractivity contribution in [1.82, 2.24) is 9.78 Å². The summed E-state index contributed by atoms with van der Waals surface area (Å²) in [6.45, 7) is 4.29. The Balaban J connectivity index is 3.00. The molecule has 1 heterocycles. The lowest BCUT2D eigenvalue weighted by molar-refractivity contribution is -0.141. The number of nitrogens with zero attached hydrogens (tertiary/aromatic N) is 1. The smallest absolute Gasteiger partial charge is 0.293 e. The number of nitrogens with one attached hydrogen (secondary N) is 1. The van der Waals surface area contributed by atoms with Gasteiger partial charge in [0.25, 0.3) is 0 Å². The molecule has 6 heteroatoms. The SMILES string of the molecule is CC(C)Cn1[nH]c(C(F)(F)F)cc1=S. The minimum atomic E-state index is -4.35. The van der Waals surface area contributed by atoms with E-state index in [-0.39, 0.29) is 10.6 Å². The van der Waals surface area contributed by atoms with Gasteiger partial charge in [0.15, 0.2) is 0 Å². The van der Waals surface area contributed by atoms with Gasteiger partial charge in [-0.25, -0.2) is 0 Å². The van der Waals surface area contributed by atoms with E-state index in [1.807, 2.05) is 13.8 Å². The lowest BCUT2D eigenvalue weighted by Crippen LogP contribution is -2.10. The van der Waals surface area contributed by atoms with Crippen molar-refractivity contribution in [3.63, 3.8) is 0 Å². The summed E-state index contributed by atoms with van der Waals surface area (Å²) in [5.41, 5.74) is -0.789. The molecule has 80 valence electrons. The van der Waals surface area contributed by atoms with Gasteiger partial charge in [-0.3, -0.25) is 9.78 Å². The van der Waals surface area contributed by atoms with Crippen LogP contribution < -0.4 is 0 Å². The standard InChI is InChI=1S/C8H11F3N2S/c1-5(2)4-13-7(14)3-6(12-13)8(9,10)11/h3,5,12H,4H2,1-2H3. The van der Waals surface area contributed by atoms with Gasteiger partial charge in [0.1, 0.15) is 10.3 Å². The average molecular weight is 224 g/mol. The molecule has 0 radical (unpaired) electrons. The molecule has 1 aromatic rings. The summed E-state index contributed by atoms with van der Waals surface area (Å²) in [5, 5.41) is 2.24. The number of halogens is 3. The molecule has 0 spiro atoms. The van der Waals surface area contributed by atoms with Gasteiger partial charge in [0.05, 0.1) is 0 Å². The van der Waals surface area contributed by atoms with Gasteiger partial charge in [0.2, 0.25) is 0 Å². The Hall–Kier alpha value is -0.780. The number of rotatable bonds is 2. The Morgan fingerprint density at radius 2 is 2.07 bits per heavy atom. The van der Waals surface area contributed by atoms with E-state index < -0.39 is 11.9 Å². The van der Waals surface area contributed by atoms with Crippen molar-refractivity contribution in [1.29, 1.82) is 0 Å². The van der Waals surface area contributed by atoms with Gasteiger partial charge in [0, 0.05) is 12.6 Å². The van der Waals surface area contributed by atoms with Crippen molar-refractivity contribution in [3.8, 4) is 0 Å². The molecular weight excluding hydrogens is 213 g/mol. The molecule has 0 amide bonds. The van der Waals surface area contributed by atoms with Gasteiger partial charge < -0.3 is 0 Å². The minimum absolute atomic E-state index is 0.186. The maximum atomic E-state index is 12.2. The third-order valence-corrected chi connectivity index (χ3v) is 1.98. The number of hydrogen-bond donors (Lipinski definition) is 1. The van der Waals surface area contributed by atoms with Crippen molar-refractivity contribution >= 4 is 12.2 Å². The molecule has 1 N–H and O–H groups in total. The van der Waals surface area contributed by atoms with Crippen molar-refractivity contribution in [2.24, 2.45) is 5.92 Å². The Bertz CT molecular complexity index is 361. The van der Waals surface area contributed by atoms with E-state index in [9.17, 15) is 13.2 Å². The van der Waals surface area contributed by atoms with E-state index in [0.29, 0.717) is 6.54 Å². The van der Waals surface area contributed by atoms with Crippen LogP contribution in [0.15, 0.2) is 6.07 Å². The third-order valence-electron chi connectivity index (χ3n) is 1.64. The topological polar surface area (TPSA) is 20.7 Å². The normalized spacial score (nSPS) is 12.4. The summed E-state index contributed by atoms with van der Waals surface area (Å²) >= 11 is 4.79. The van der Waals surface area contributed by atoms with Crippen molar-refractivity contribution in [2.75, 3.05) is 0 Å². The lowest BCUT2D eigenvalue weighted by Gasteiger charge is -2.06. The predicted octanol–water partition coefficient (Wildman–Crippen LogP) is 3.22. The second kappa shape index (κ2) is 3.76. The maximum Gasteiger partial charge on any atom is 0.432 e. The van der Waals surface area contributed by atoms with Gasteiger partial charge in [-0.1, -0.05) is 26.1 Å². The van der Waals surface area contributed by atoms with E-state index >= 15 is 0 Å². The summed E-state index contributed by atoms with van der Waals surface area (Å²) in [4.78, 5) is 0. The highest BCUT2D eigenvalue weighted by molar-refractivity contribution is 7.71. The molecule has 0 saturated heterocycles. The fourth-order valence-corrected chi connectivity index (χ4v) is 1.32. The van der Waals surface area contributed by atoms with Crippen molar-refractivity contribution < 1.29 is 13.2 Å². The third kappa shape index (κ3) is 2.60. The van der Waals surface area contributed by atoms with Crippen molar-refractivity contribution in [2.45, 2.75) is 26.6 Å². The summed E-state index contributed by atoms with van der Waals surface area (Å²) in [6, 6.07) is 0.942. The van der Waals surface area contributed by atoms with Crippen molar-refractivity contribution in [3.05, 3.63) is 16.4 Å². The van der Waals surface area contributed by atoms with Crippen LogP contribution in [0.3, 0.4) is 0 Å². The van der Waals surface area contributed by atoms with Crippen LogP contribution in [-0.2, 0) is 12.7 Å². The van der Waals surface area contributed by atoms with Crippen LogP contribution in [0.1, 0.15) is 19.5 Å². The Morgan fingerprint density at radius 1 is 1.50 bits per heavy atom. The summed E-state index contributed by atoms with van der Waals surface area (Å²) in [7, 11) is 0. The summed E-state index contributed by atoms with van der Waals surface area (Å²) in [6.07, 6.45) is -4.35. The van der Waals surface area contributed by atoms with Crippen LogP contribution in [0.4, 0.5) is 13.2 Å². The van der Waals surface area contributed by atoms with E-state index in [2.05, 4.69) is 5.10 Å². The first kappa shape index (κ1) is 11.3. The highest BCUT2D eigenvalue weighted by atomic mass is 32.1. The lowest BCUT2D eigenvalue weighted by atomic mass is 10.2. The van der Waals surface area contributed by atoms with Crippen LogP contribution in [0.5, 0.6) is 0 Å². The number of aromatic amines is 1. The molecule has 0 saturated carbocycles. The summed E-state index contributed by atoms with van der Waals surface area (Å²) < 4.78 is 38.2. The largest absolute Gasteiger partial charge is 0.432 e.